The van der Waals surface area contributed by atoms with Crippen LogP contribution in [0.2, 0.25) is 0 Å². The molecule has 0 bridgehead atoms. The van der Waals surface area contributed by atoms with Gasteiger partial charge in [0.2, 0.25) is 0 Å². The molecule has 2 heteroatoms. The van der Waals surface area contributed by atoms with Crippen LogP contribution in [-0.2, 0) is 6.42 Å². The van der Waals surface area contributed by atoms with Crippen LogP contribution in [0.15, 0.2) is 18.2 Å². The maximum Gasteiger partial charge on any atom is 0.0272 e. The summed E-state index contributed by atoms with van der Waals surface area (Å²) in [7, 11) is 2.16. The van der Waals surface area contributed by atoms with Gasteiger partial charge in [-0.1, -0.05) is 32.0 Å². The number of likely N-dealkylation sites (N-methyl/N-ethyl adjacent to an activating group) is 1. The Morgan fingerprint density at radius 3 is 2.42 bits per heavy atom. The molecule has 2 N–H and O–H groups in total. The number of benzene rings is 1. The lowest BCUT2D eigenvalue weighted by Gasteiger charge is -2.34. The van der Waals surface area contributed by atoms with Gasteiger partial charge < -0.3 is 5.73 Å². The number of rotatable bonds is 6. The summed E-state index contributed by atoms with van der Waals surface area (Å²) in [6.45, 7) is 12.8. The number of aryl methyl sites for hydroxylation is 1. The molecule has 1 aromatic rings. The standard InChI is InChI=1S/C17H30N2/c1-13(2)15-8-7-14(3)16(11-15)9-10-19(6)17(4,5)12-18/h7-8,11,13H,9-10,12,18H2,1-6H3. The molecule has 0 saturated carbocycles. The fourth-order valence-electron chi connectivity index (χ4n) is 2.07. The van der Waals surface area contributed by atoms with E-state index in [1.807, 2.05) is 0 Å². The Morgan fingerprint density at radius 2 is 1.89 bits per heavy atom. The van der Waals surface area contributed by atoms with Crippen molar-refractivity contribution in [1.82, 2.24) is 4.90 Å². The lowest BCUT2D eigenvalue weighted by molar-refractivity contribution is 0.166. The molecule has 0 spiro atoms. The molecule has 0 fully saturated rings. The van der Waals surface area contributed by atoms with E-state index in [1.54, 1.807) is 0 Å². The fraction of sp³-hybridized carbons (Fsp3) is 0.647. The molecular formula is C17H30N2. The molecule has 19 heavy (non-hydrogen) atoms. The first-order valence-electron chi connectivity index (χ1n) is 7.28. The highest BCUT2D eigenvalue weighted by atomic mass is 15.2. The Bertz CT molecular complexity index is 408. The third kappa shape index (κ3) is 4.32. The summed E-state index contributed by atoms with van der Waals surface area (Å²) >= 11 is 0. The third-order valence-corrected chi connectivity index (χ3v) is 4.29. The molecule has 0 unspecified atom stereocenters. The molecule has 2 nitrogen and oxygen atoms in total. The van der Waals surface area contributed by atoms with Crippen molar-refractivity contribution in [3.05, 3.63) is 34.9 Å². The lowest BCUT2D eigenvalue weighted by Crippen LogP contribution is -2.47. The Labute approximate surface area is 119 Å². The summed E-state index contributed by atoms with van der Waals surface area (Å²) in [5, 5.41) is 0. The van der Waals surface area contributed by atoms with E-state index >= 15 is 0 Å². The van der Waals surface area contributed by atoms with E-state index in [-0.39, 0.29) is 5.54 Å². The SMILES string of the molecule is Cc1ccc(C(C)C)cc1CCN(C)C(C)(C)CN. The maximum atomic E-state index is 5.83. The second-order valence-electron chi connectivity index (χ2n) is 6.53. The smallest absolute Gasteiger partial charge is 0.0272 e. The predicted molar refractivity (Wildman–Crippen MR) is 84.7 cm³/mol. The number of nitrogens with two attached hydrogens (primary N) is 1. The van der Waals surface area contributed by atoms with Crippen molar-refractivity contribution in [3.63, 3.8) is 0 Å². The maximum absolute atomic E-state index is 5.83. The topological polar surface area (TPSA) is 29.3 Å². The molecule has 0 radical (unpaired) electrons. The van der Waals surface area contributed by atoms with Crippen LogP contribution in [0.5, 0.6) is 0 Å². The summed E-state index contributed by atoms with van der Waals surface area (Å²) in [5.41, 5.74) is 10.2. The van der Waals surface area contributed by atoms with Crippen LogP contribution < -0.4 is 5.73 Å². The van der Waals surface area contributed by atoms with Gasteiger partial charge in [0.05, 0.1) is 0 Å². The van der Waals surface area contributed by atoms with Gasteiger partial charge in [0.1, 0.15) is 0 Å². The Balaban J connectivity index is 2.75. The first kappa shape index (κ1) is 16.2. The van der Waals surface area contributed by atoms with Crippen molar-refractivity contribution in [3.8, 4) is 0 Å². The first-order chi connectivity index (χ1) is 8.77. The predicted octanol–water partition coefficient (Wildman–Crippen LogP) is 3.33. The van der Waals surface area contributed by atoms with E-state index in [9.17, 15) is 0 Å². The fourth-order valence-corrected chi connectivity index (χ4v) is 2.07. The van der Waals surface area contributed by atoms with Crippen LogP contribution in [0.4, 0.5) is 0 Å². The van der Waals surface area contributed by atoms with Gasteiger partial charge in [-0.2, -0.15) is 0 Å². The van der Waals surface area contributed by atoms with Crippen molar-refractivity contribution in [2.75, 3.05) is 20.1 Å². The van der Waals surface area contributed by atoms with Gasteiger partial charge in [-0.05, 0) is 56.8 Å². The largest absolute Gasteiger partial charge is 0.329 e. The quantitative estimate of drug-likeness (QED) is 0.852. The minimum Gasteiger partial charge on any atom is -0.329 e. The molecule has 0 saturated heterocycles. The summed E-state index contributed by atoms with van der Waals surface area (Å²) in [5.74, 6) is 0.595. The van der Waals surface area contributed by atoms with E-state index < -0.39 is 0 Å². The molecular weight excluding hydrogens is 232 g/mol. The van der Waals surface area contributed by atoms with Crippen molar-refractivity contribution in [2.24, 2.45) is 5.73 Å². The van der Waals surface area contributed by atoms with E-state index in [2.05, 4.69) is 64.8 Å². The van der Waals surface area contributed by atoms with E-state index in [1.165, 1.54) is 16.7 Å². The Hall–Kier alpha value is -0.860. The highest BCUT2D eigenvalue weighted by Crippen LogP contribution is 2.20. The number of hydrogen-bond acceptors (Lipinski definition) is 2. The Kier molecular flexibility index (Phi) is 5.57. The minimum atomic E-state index is 0.0730. The molecule has 0 aliphatic heterocycles. The number of nitrogens with zero attached hydrogens (tertiary/aromatic N) is 1. The van der Waals surface area contributed by atoms with Gasteiger partial charge in [-0.3, -0.25) is 4.90 Å². The van der Waals surface area contributed by atoms with Crippen molar-refractivity contribution in [1.29, 1.82) is 0 Å². The number of hydrogen-bond donors (Lipinski definition) is 1. The van der Waals surface area contributed by atoms with Gasteiger partial charge in [-0.15, -0.1) is 0 Å². The van der Waals surface area contributed by atoms with Crippen LogP contribution in [0, 0.1) is 6.92 Å². The summed E-state index contributed by atoms with van der Waals surface area (Å²) in [6.07, 6.45) is 1.09. The van der Waals surface area contributed by atoms with Crippen molar-refractivity contribution >= 4 is 0 Å². The average Bonchev–Trinajstić information content (AvgIpc) is 2.36. The Morgan fingerprint density at radius 1 is 1.26 bits per heavy atom. The monoisotopic (exact) mass is 262 g/mol. The summed E-state index contributed by atoms with van der Waals surface area (Å²) < 4.78 is 0. The first-order valence-corrected chi connectivity index (χ1v) is 7.28. The van der Waals surface area contributed by atoms with Gasteiger partial charge in [0.25, 0.3) is 0 Å². The van der Waals surface area contributed by atoms with E-state index in [0.29, 0.717) is 12.5 Å². The van der Waals surface area contributed by atoms with Crippen LogP contribution in [0.25, 0.3) is 0 Å². The molecule has 1 aromatic carbocycles. The van der Waals surface area contributed by atoms with Gasteiger partial charge in [-0.25, -0.2) is 0 Å². The van der Waals surface area contributed by atoms with Gasteiger partial charge >= 0.3 is 0 Å². The normalized spacial score (nSPS) is 12.5. The third-order valence-electron chi connectivity index (χ3n) is 4.29. The van der Waals surface area contributed by atoms with Gasteiger partial charge in [0, 0.05) is 18.6 Å². The highest BCUT2D eigenvalue weighted by Gasteiger charge is 2.21. The zero-order chi connectivity index (χ0) is 14.6. The zero-order valence-corrected chi connectivity index (χ0v) is 13.5. The summed E-state index contributed by atoms with van der Waals surface area (Å²) in [4.78, 5) is 2.36. The van der Waals surface area contributed by atoms with Gasteiger partial charge in [0.15, 0.2) is 0 Å². The molecule has 0 aromatic heterocycles. The van der Waals surface area contributed by atoms with Crippen LogP contribution in [0.1, 0.15) is 50.3 Å². The molecule has 0 atom stereocenters. The average molecular weight is 262 g/mol. The van der Waals surface area contributed by atoms with Crippen LogP contribution in [-0.4, -0.2) is 30.6 Å². The van der Waals surface area contributed by atoms with Crippen molar-refractivity contribution < 1.29 is 0 Å². The van der Waals surface area contributed by atoms with E-state index in [0.717, 1.165) is 13.0 Å². The zero-order valence-electron chi connectivity index (χ0n) is 13.5. The molecule has 108 valence electrons. The molecule has 0 aliphatic rings. The molecule has 1 rings (SSSR count). The second kappa shape index (κ2) is 6.53. The van der Waals surface area contributed by atoms with Crippen LogP contribution in [0.3, 0.4) is 0 Å². The summed E-state index contributed by atoms with van der Waals surface area (Å²) in [6, 6.07) is 6.86. The highest BCUT2D eigenvalue weighted by molar-refractivity contribution is 5.32. The molecule has 0 amide bonds. The lowest BCUT2D eigenvalue weighted by atomic mass is 9.95. The molecule has 0 aliphatic carbocycles. The molecule has 0 heterocycles. The second-order valence-corrected chi connectivity index (χ2v) is 6.53. The van der Waals surface area contributed by atoms with Crippen molar-refractivity contribution in [2.45, 2.75) is 52.5 Å². The van der Waals surface area contributed by atoms with Crippen LogP contribution >= 0.6 is 0 Å². The minimum absolute atomic E-state index is 0.0730. The van der Waals surface area contributed by atoms with E-state index in [4.69, 9.17) is 5.73 Å².